The molecule has 0 spiro atoms. The summed E-state index contributed by atoms with van der Waals surface area (Å²) in [5.74, 6) is 2.07. The second kappa shape index (κ2) is 7.22. The lowest BCUT2D eigenvalue weighted by molar-refractivity contribution is 0.239. The fraction of sp³-hybridized carbons (Fsp3) is 0.500. The first-order valence-corrected chi connectivity index (χ1v) is 7.42. The lowest BCUT2D eigenvalue weighted by atomic mass is 10.0. The van der Waals surface area contributed by atoms with Crippen LogP contribution in [0.1, 0.15) is 49.7 Å². The zero-order valence-corrected chi connectivity index (χ0v) is 13.1. The molecule has 0 amide bonds. The number of benzene rings is 1. The minimum Gasteiger partial charge on any atom is -0.483 e. The van der Waals surface area contributed by atoms with Crippen LogP contribution in [-0.2, 0) is 13.0 Å². The van der Waals surface area contributed by atoms with Crippen molar-refractivity contribution in [2.24, 2.45) is 0 Å². The molecule has 2 rings (SSSR count). The fourth-order valence-corrected chi connectivity index (χ4v) is 2.19. The molecule has 0 aliphatic rings. The molecule has 0 saturated carbocycles. The van der Waals surface area contributed by atoms with Crippen LogP contribution in [0.3, 0.4) is 0 Å². The molecule has 1 heterocycles. The highest BCUT2D eigenvalue weighted by atomic mass is 16.5. The van der Waals surface area contributed by atoms with Crippen molar-refractivity contribution in [3.05, 3.63) is 41.0 Å². The van der Waals surface area contributed by atoms with Gasteiger partial charge in [-0.3, -0.25) is 0 Å². The SMILES string of the molecule is CCNC(C)c1cc(C)ccc1OCc1nc(CC)no1. The molecule has 0 saturated heterocycles. The molecule has 21 heavy (non-hydrogen) atoms. The van der Waals surface area contributed by atoms with Gasteiger partial charge >= 0.3 is 0 Å². The smallest absolute Gasteiger partial charge is 0.264 e. The second-order valence-electron chi connectivity index (χ2n) is 5.07. The van der Waals surface area contributed by atoms with Crippen LogP contribution in [0.5, 0.6) is 5.75 Å². The number of nitrogens with one attached hydrogen (secondary N) is 1. The fourth-order valence-electron chi connectivity index (χ4n) is 2.19. The largest absolute Gasteiger partial charge is 0.483 e. The third-order valence-corrected chi connectivity index (χ3v) is 3.32. The van der Waals surface area contributed by atoms with E-state index in [1.165, 1.54) is 5.56 Å². The van der Waals surface area contributed by atoms with E-state index in [1.807, 2.05) is 19.1 Å². The molecular weight excluding hydrogens is 266 g/mol. The first-order chi connectivity index (χ1) is 10.1. The Morgan fingerprint density at radius 1 is 1.33 bits per heavy atom. The molecule has 0 fully saturated rings. The van der Waals surface area contributed by atoms with E-state index in [9.17, 15) is 0 Å². The predicted octanol–water partition coefficient (Wildman–Crippen LogP) is 3.19. The Kier molecular flexibility index (Phi) is 5.33. The topological polar surface area (TPSA) is 60.2 Å². The molecule has 5 heteroatoms. The van der Waals surface area contributed by atoms with Crippen molar-refractivity contribution in [3.63, 3.8) is 0 Å². The highest BCUT2D eigenvalue weighted by Crippen LogP contribution is 2.27. The molecule has 0 aliphatic heterocycles. The van der Waals surface area contributed by atoms with Crippen LogP contribution < -0.4 is 10.1 Å². The number of hydrogen-bond donors (Lipinski definition) is 1. The normalized spacial score (nSPS) is 12.4. The summed E-state index contributed by atoms with van der Waals surface area (Å²) >= 11 is 0. The molecule has 2 aromatic rings. The van der Waals surface area contributed by atoms with E-state index in [2.05, 4.69) is 42.3 Å². The Hall–Kier alpha value is -1.88. The van der Waals surface area contributed by atoms with Gasteiger partial charge in [-0.15, -0.1) is 0 Å². The van der Waals surface area contributed by atoms with E-state index >= 15 is 0 Å². The zero-order chi connectivity index (χ0) is 15.2. The summed E-state index contributed by atoms with van der Waals surface area (Å²) in [6.45, 7) is 9.51. The van der Waals surface area contributed by atoms with Gasteiger partial charge in [-0.25, -0.2) is 0 Å². The lowest BCUT2D eigenvalue weighted by Gasteiger charge is -2.17. The minimum atomic E-state index is 0.235. The average Bonchev–Trinajstić information content (AvgIpc) is 2.94. The summed E-state index contributed by atoms with van der Waals surface area (Å²) < 4.78 is 11.0. The van der Waals surface area contributed by atoms with Gasteiger partial charge in [0.05, 0.1) is 0 Å². The van der Waals surface area contributed by atoms with E-state index in [4.69, 9.17) is 9.26 Å². The summed E-state index contributed by atoms with van der Waals surface area (Å²) in [5.41, 5.74) is 2.36. The van der Waals surface area contributed by atoms with E-state index in [0.717, 1.165) is 24.3 Å². The van der Waals surface area contributed by atoms with E-state index in [0.29, 0.717) is 18.3 Å². The van der Waals surface area contributed by atoms with Crippen molar-refractivity contribution in [2.75, 3.05) is 6.54 Å². The number of aromatic nitrogens is 2. The second-order valence-corrected chi connectivity index (χ2v) is 5.07. The standard InChI is InChI=1S/C16H23N3O2/c1-5-15-18-16(21-19-15)10-20-14-8-7-11(3)9-13(14)12(4)17-6-2/h7-9,12,17H,5-6,10H2,1-4H3. The van der Waals surface area contributed by atoms with E-state index in [1.54, 1.807) is 0 Å². The molecule has 1 atom stereocenters. The first-order valence-electron chi connectivity index (χ1n) is 7.42. The highest BCUT2D eigenvalue weighted by Gasteiger charge is 2.13. The third kappa shape index (κ3) is 4.04. The van der Waals surface area contributed by atoms with Crippen LogP contribution in [-0.4, -0.2) is 16.7 Å². The van der Waals surface area contributed by atoms with Crippen LogP contribution in [0.25, 0.3) is 0 Å². The van der Waals surface area contributed by atoms with Crippen molar-refractivity contribution in [3.8, 4) is 5.75 Å². The Balaban J connectivity index is 2.11. The summed E-state index contributed by atoms with van der Waals surface area (Å²) in [7, 11) is 0. The maximum atomic E-state index is 5.87. The first kappa shape index (κ1) is 15.5. The Bertz CT molecular complexity index is 581. The summed E-state index contributed by atoms with van der Waals surface area (Å²) in [5, 5.41) is 7.28. The Morgan fingerprint density at radius 2 is 2.14 bits per heavy atom. The monoisotopic (exact) mass is 289 g/mol. The number of nitrogens with zero attached hydrogens (tertiary/aromatic N) is 2. The van der Waals surface area contributed by atoms with Crippen molar-refractivity contribution in [1.29, 1.82) is 0 Å². The number of ether oxygens (including phenoxy) is 1. The van der Waals surface area contributed by atoms with Crippen LogP contribution in [0.4, 0.5) is 0 Å². The van der Waals surface area contributed by atoms with Crippen LogP contribution >= 0.6 is 0 Å². The Labute approximate surface area is 125 Å². The average molecular weight is 289 g/mol. The maximum absolute atomic E-state index is 5.87. The van der Waals surface area contributed by atoms with Gasteiger partial charge in [0.15, 0.2) is 12.4 Å². The van der Waals surface area contributed by atoms with Crippen LogP contribution in [0.15, 0.2) is 22.7 Å². The quantitative estimate of drug-likeness (QED) is 0.848. The molecule has 5 nitrogen and oxygen atoms in total. The van der Waals surface area contributed by atoms with E-state index < -0.39 is 0 Å². The summed E-state index contributed by atoms with van der Waals surface area (Å²) in [4.78, 5) is 4.25. The van der Waals surface area contributed by atoms with Gasteiger partial charge < -0.3 is 14.6 Å². The van der Waals surface area contributed by atoms with Crippen molar-refractivity contribution in [1.82, 2.24) is 15.5 Å². The van der Waals surface area contributed by atoms with Gasteiger partial charge in [-0.05, 0) is 26.5 Å². The highest BCUT2D eigenvalue weighted by molar-refractivity contribution is 5.39. The predicted molar refractivity (Wildman–Crippen MR) is 81.3 cm³/mol. The Morgan fingerprint density at radius 3 is 2.81 bits per heavy atom. The molecule has 1 unspecified atom stereocenters. The number of rotatable bonds is 7. The molecule has 1 N–H and O–H groups in total. The molecule has 1 aromatic heterocycles. The molecule has 114 valence electrons. The lowest BCUT2D eigenvalue weighted by Crippen LogP contribution is -2.18. The van der Waals surface area contributed by atoms with Gasteiger partial charge in [0.25, 0.3) is 5.89 Å². The van der Waals surface area contributed by atoms with Gasteiger partial charge in [-0.1, -0.05) is 36.7 Å². The minimum absolute atomic E-state index is 0.235. The van der Waals surface area contributed by atoms with Gasteiger partial charge in [0, 0.05) is 18.0 Å². The third-order valence-electron chi connectivity index (χ3n) is 3.32. The van der Waals surface area contributed by atoms with Crippen LogP contribution in [0, 0.1) is 6.92 Å². The maximum Gasteiger partial charge on any atom is 0.264 e. The van der Waals surface area contributed by atoms with Crippen LogP contribution in [0.2, 0.25) is 0 Å². The summed E-state index contributed by atoms with van der Waals surface area (Å²) in [6, 6.07) is 6.42. The van der Waals surface area contributed by atoms with Gasteiger partial charge in [0.2, 0.25) is 0 Å². The molecule has 0 bridgehead atoms. The summed E-state index contributed by atoms with van der Waals surface area (Å²) in [6.07, 6.45) is 0.761. The molecular formula is C16H23N3O2. The molecule has 0 radical (unpaired) electrons. The van der Waals surface area contributed by atoms with Gasteiger partial charge in [-0.2, -0.15) is 4.98 Å². The molecule has 0 aliphatic carbocycles. The molecule has 1 aromatic carbocycles. The zero-order valence-electron chi connectivity index (χ0n) is 13.1. The number of aryl methyl sites for hydroxylation is 2. The van der Waals surface area contributed by atoms with Crippen molar-refractivity contribution in [2.45, 2.75) is 46.8 Å². The number of hydrogen-bond acceptors (Lipinski definition) is 5. The van der Waals surface area contributed by atoms with E-state index in [-0.39, 0.29) is 6.04 Å². The van der Waals surface area contributed by atoms with Crippen molar-refractivity contribution >= 4 is 0 Å². The van der Waals surface area contributed by atoms with Gasteiger partial charge in [0.1, 0.15) is 5.75 Å². The van der Waals surface area contributed by atoms with Crippen molar-refractivity contribution < 1.29 is 9.26 Å².